The topological polar surface area (TPSA) is 57.1 Å². The van der Waals surface area contributed by atoms with E-state index in [-0.39, 0.29) is 17.6 Å². The second-order valence-electron chi connectivity index (χ2n) is 6.48. The number of piperazine rings is 1. The normalized spacial score (nSPS) is 16.0. The molecule has 1 fully saturated rings. The van der Waals surface area contributed by atoms with Crippen LogP contribution >= 0.6 is 0 Å². The van der Waals surface area contributed by atoms with Crippen molar-refractivity contribution in [3.63, 3.8) is 0 Å². The summed E-state index contributed by atoms with van der Waals surface area (Å²) in [5.41, 5.74) is 2.98. The molecular formula is C20H25N2O2+. The van der Waals surface area contributed by atoms with Gasteiger partial charge < -0.3 is 15.3 Å². The van der Waals surface area contributed by atoms with Crippen LogP contribution in [0.3, 0.4) is 0 Å². The standard InChI is InChI=1S/C20H24N2O2/c1-15-7-8-19(23)18(13-15)17(16-5-3-2-4-6-16)14-20(24)22-11-9-21-10-12-22/h2-8,13,17,21,23H,9-12,14H2,1H3/p+1/t17-/m0/s1. The number of phenols is 1. The Kier molecular flexibility index (Phi) is 5.16. The number of aromatic hydroxyl groups is 1. The molecule has 0 aromatic heterocycles. The van der Waals surface area contributed by atoms with Crippen molar-refractivity contribution in [2.75, 3.05) is 26.2 Å². The van der Waals surface area contributed by atoms with Crippen LogP contribution in [0, 0.1) is 6.92 Å². The Balaban J connectivity index is 1.90. The van der Waals surface area contributed by atoms with E-state index in [9.17, 15) is 9.90 Å². The molecule has 1 saturated heterocycles. The highest BCUT2D eigenvalue weighted by Crippen LogP contribution is 2.35. The quantitative estimate of drug-likeness (QED) is 0.898. The number of hydrogen-bond acceptors (Lipinski definition) is 2. The van der Waals surface area contributed by atoms with Gasteiger partial charge in [0.2, 0.25) is 5.91 Å². The average Bonchev–Trinajstić information content (AvgIpc) is 2.63. The molecule has 3 rings (SSSR count). The van der Waals surface area contributed by atoms with Gasteiger partial charge in [0, 0.05) is 17.9 Å². The van der Waals surface area contributed by atoms with Gasteiger partial charge in [0.25, 0.3) is 0 Å². The molecule has 0 saturated carbocycles. The van der Waals surface area contributed by atoms with Crippen LogP contribution in [-0.4, -0.2) is 42.1 Å². The van der Waals surface area contributed by atoms with Crippen LogP contribution in [0.4, 0.5) is 0 Å². The van der Waals surface area contributed by atoms with Crippen molar-refractivity contribution in [3.8, 4) is 5.75 Å². The minimum absolute atomic E-state index is 0.121. The Morgan fingerprint density at radius 1 is 1.17 bits per heavy atom. The fraction of sp³-hybridized carbons (Fsp3) is 0.350. The summed E-state index contributed by atoms with van der Waals surface area (Å²) in [6.45, 7) is 5.56. The first kappa shape index (κ1) is 16.5. The van der Waals surface area contributed by atoms with Crippen LogP contribution in [0.1, 0.15) is 29.0 Å². The summed E-state index contributed by atoms with van der Waals surface area (Å²) >= 11 is 0. The highest BCUT2D eigenvalue weighted by atomic mass is 16.3. The zero-order valence-corrected chi connectivity index (χ0v) is 14.1. The van der Waals surface area contributed by atoms with Crippen LogP contribution < -0.4 is 5.32 Å². The van der Waals surface area contributed by atoms with E-state index in [1.807, 2.05) is 54.3 Å². The van der Waals surface area contributed by atoms with E-state index in [1.165, 1.54) is 0 Å². The number of carbonyl (C=O) groups excluding carboxylic acids is 1. The lowest BCUT2D eigenvalue weighted by molar-refractivity contribution is -0.662. The van der Waals surface area contributed by atoms with Crippen LogP contribution in [-0.2, 0) is 4.79 Å². The van der Waals surface area contributed by atoms with E-state index in [2.05, 4.69) is 5.32 Å². The third kappa shape index (κ3) is 3.77. The maximum atomic E-state index is 12.8. The molecule has 4 heteroatoms. The maximum Gasteiger partial charge on any atom is 0.223 e. The van der Waals surface area contributed by atoms with Crippen LogP contribution in [0.25, 0.3) is 0 Å². The second-order valence-corrected chi connectivity index (χ2v) is 6.48. The van der Waals surface area contributed by atoms with Gasteiger partial charge in [-0.05, 0) is 18.6 Å². The van der Waals surface area contributed by atoms with Gasteiger partial charge in [-0.3, -0.25) is 4.79 Å². The summed E-state index contributed by atoms with van der Waals surface area (Å²) in [6, 6.07) is 15.6. The lowest BCUT2D eigenvalue weighted by Crippen LogP contribution is -2.89. The zero-order valence-electron chi connectivity index (χ0n) is 14.1. The molecule has 1 heterocycles. The molecule has 3 N–H and O–H groups in total. The highest BCUT2D eigenvalue weighted by molar-refractivity contribution is 5.78. The Labute approximate surface area is 143 Å². The van der Waals surface area contributed by atoms with Gasteiger partial charge in [0.05, 0.1) is 26.2 Å². The largest absolute Gasteiger partial charge is 0.508 e. The number of benzene rings is 2. The fourth-order valence-electron chi connectivity index (χ4n) is 3.35. The number of phenolic OH excluding ortho intramolecular Hbond substituents is 1. The Morgan fingerprint density at radius 2 is 1.88 bits per heavy atom. The molecule has 0 radical (unpaired) electrons. The van der Waals surface area contributed by atoms with Crippen LogP contribution in [0.15, 0.2) is 48.5 Å². The molecule has 24 heavy (non-hydrogen) atoms. The van der Waals surface area contributed by atoms with E-state index in [0.717, 1.165) is 42.9 Å². The molecule has 2 aromatic rings. The minimum Gasteiger partial charge on any atom is -0.508 e. The lowest BCUT2D eigenvalue weighted by atomic mass is 9.86. The first-order valence-electron chi connectivity index (χ1n) is 8.59. The van der Waals surface area contributed by atoms with E-state index in [1.54, 1.807) is 6.07 Å². The fourth-order valence-corrected chi connectivity index (χ4v) is 3.35. The molecule has 1 aliphatic heterocycles. The molecule has 0 aliphatic carbocycles. The number of aryl methyl sites for hydroxylation is 1. The van der Waals surface area contributed by atoms with Gasteiger partial charge in [0.1, 0.15) is 5.75 Å². The molecule has 1 atom stereocenters. The Bertz CT molecular complexity index is 694. The molecule has 4 nitrogen and oxygen atoms in total. The van der Waals surface area contributed by atoms with E-state index in [4.69, 9.17) is 0 Å². The molecule has 2 aromatic carbocycles. The van der Waals surface area contributed by atoms with Gasteiger partial charge in [-0.25, -0.2) is 0 Å². The third-order valence-corrected chi connectivity index (χ3v) is 4.70. The molecule has 1 aliphatic rings. The number of nitrogens with zero attached hydrogens (tertiary/aromatic N) is 1. The van der Waals surface area contributed by atoms with Gasteiger partial charge in [-0.2, -0.15) is 0 Å². The Morgan fingerprint density at radius 3 is 2.58 bits per heavy atom. The van der Waals surface area contributed by atoms with Crippen molar-refractivity contribution in [3.05, 3.63) is 65.2 Å². The number of hydrogen-bond donors (Lipinski definition) is 2. The summed E-state index contributed by atoms with van der Waals surface area (Å²) in [5.74, 6) is 0.302. The molecule has 0 bridgehead atoms. The van der Waals surface area contributed by atoms with Gasteiger partial charge in [0.15, 0.2) is 0 Å². The zero-order chi connectivity index (χ0) is 16.9. The van der Waals surface area contributed by atoms with Gasteiger partial charge in [-0.15, -0.1) is 0 Å². The highest BCUT2D eigenvalue weighted by Gasteiger charge is 2.25. The molecule has 0 spiro atoms. The van der Waals surface area contributed by atoms with E-state index < -0.39 is 0 Å². The molecular weight excluding hydrogens is 300 g/mol. The predicted octanol–water partition coefficient (Wildman–Crippen LogP) is 1.63. The van der Waals surface area contributed by atoms with E-state index in [0.29, 0.717) is 6.42 Å². The number of carbonyl (C=O) groups is 1. The predicted molar refractivity (Wildman–Crippen MR) is 94.0 cm³/mol. The first-order chi connectivity index (χ1) is 11.6. The molecule has 0 unspecified atom stereocenters. The summed E-state index contributed by atoms with van der Waals surface area (Å²) in [6.07, 6.45) is 0.390. The van der Waals surface area contributed by atoms with Crippen molar-refractivity contribution in [2.24, 2.45) is 0 Å². The summed E-state index contributed by atoms with van der Waals surface area (Å²) < 4.78 is 0. The molecule has 126 valence electrons. The van der Waals surface area contributed by atoms with Crippen molar-refractivity contribution >= 4 is 5.91 Å². The number of amides is 1. The van der Waals surface area contributed by atoms with Crippen LogP contribution in [0.2, 0.25) is 0 Å². The maximum absolute atomic E-state index is 12.8. The van der Waals surface area contributed by atoms with Crippen molar-refractivity contribution in [2.45, 2.75) is 19.3 Å². The summed E-state index contributed by atoms with van der Waals surface area (Å²) in [5, 5.41) is 12.6. The monoisotopic (exact) mass is 325 g/mol. The van der Waals surface area contributed by atoms with Crippen molar-refractivity contribution in [1.82, 2.24) is 4.90 Å². The first-order valence-corrected chi connectivity index (χ1v) is 8.59. The van der Waals surface area contributed by atoms with Crippen molar-refractivity contribution < 1.29 is 15.2 Å². The smallest absolute Gasteiger partial charge is 0.223 e. The average molecular weight is 325 g/mol. The molecule has 1 amide bonds. The van der Waals surface area contributed by atoms with Crippen molar-refractivity contribution in [1.29, 1.82) is 0 Å². The number of nitrogens with two attached hydrogens (primary N) is 1. The number of quaternary nitrogens is 1. The summed E-state index contributed by atoms with van der Waals surface area (Å²) in [7, 11) is 0. The summed E-state index contributed by atoms with van der Waals surface area (Å²) in [4.78, 5) is 14.7. The third-order valence-electron chi connectivity index (χ3n) is 4.70. The van der Waals surface area contributed by atoms with Gasteiger partial charge >= 0.3 is 0 Å². The van der Waals surface area contributed by atoms with Gasteiger partial charge in [-0.1, -0.05) is 48.0 Å². The number of rotatable bonds is 4. The minimum atomic E-state index is -0.121. The SMILES string of the molecule is Cc1ccc(O)c([C@@H](CC(=O)N2CC[NH2+]CC2)c2ccccc2)c1. The lowest BCUT2D eigenvalue weighted by Gasteiger charge is -2.28. The Hall–Kier alpha value is -2.33. The van der Waals surface area contributed by atoms with Crippen LogP contribution in [0.5, 0.6) is 5.75 Å². The second kappa shape index (κ2) is 7.49. The van der Waals surface area contributed by atoms with E-state index >= 15 is 0 Å².